The molecular formula is C17H24BrCl2N3. The van der Waals surface area contributed by atoms with Gasteiger partial charge in [0.05, 0.1) is 5.52 Å². The van der Waals surface area contributed by atoms with Gasteiger partial charge in [-0.3, -0.25) is 9.88 Å². The molecule has 0 radical (unpaired) electrons. The van der Waals surface area contributed by atoms with Gasteiger partial charge in [-0.15, -0.1) is 24.8 Å². The van der Waals surface area contributed by atoms with Crippen LogP contribution >= 0.6 is 40.7 Å². The van der Waals surface area contributed by atoms with Gasteiger partial charge in [-0.05, 0) is 35.6 Å². The molecule has 23 heavy (non-hydrogen) atoms. The van der Waals surface area contributed by atoms with Crippen molar-refractivity contribution < 1.29 is 0 Å². The molecule has 3 nitrogen and oxygen atoms in total. The highest BCUT2D eigenvalue weighted by Crippen LogP contribution is 2.30. The number of likely N-dealkylation sites (tertiary alicyclic amines) is 1. The van der Waals surface area contributed by atoms with Crippen LogP contribution < -0.4 is 5.73 Å². The Morgan fingerprint density at radius 1 is 1.35 bits per heavy atom. The molecule has 2 N–H and O–H groups in total. The molecule has 2 heterocycles. The number of rotatable bonds is 2. The normalized spacial score (nSPS) is 20.6. The minimum absolute atomic E-state index is 0. The van der Waals surface area contributed by atoms with Crippen LogP contribution in [-0.4, -0.2) is 29.0 Å². The van der Waals surface area contributed by atoms with Crippen molar-refractivity contribution in [3.63, 3.8) is 0 Å². The van der Waals surface area contributed by atoms with Crippen molar-refractivity contribution in [3.8, 4) is 0 Å². The van der Waals surface area contributed by atoms with E-state index in [-0.39, 0.29) is 30.2 Å². The minimum Gasteiger partial charge on any atom is -0.327 e. The molecule has 3 rings (SSSR count). The molecule has 6 heteroatoms. The molecule has 0 amide bonds. The van der Waals surface area contributed by atoms with Gasteiger partial charge in [0.25, 0.3) is 0 Å². The van der Waals surface area contributed by atoms with E-state index in [2.05, 4.69) is 57.9 Å². The summed E-state index contributed by atoms with van der Waals surface area (Å²) in [5, 5.41) is 1.19. The number of hydrogen-bond acceptors (Lipinski definition) is 3. The summed E-state index contributed by atoms with van der Waals surface area (Å²) in [7, 11) is 0. The van der Waals surface area contributed by atoms with Crippen molar-refractivity contribution in [2.75, 3.05) is 13.1 Å². The van der Waals surface area contributed by atoms with Crippen molar-refractivity contribution in [2.45, 2.75) is 32.9 Å². The minimum atomic E-state index is 0. The molecule has 1 saturated heterocycles. The van der Waals surface area contributed by atoms with Gasteiger partial charge < -0.3 is 5.73 Å². The Bertz CT molecular complexity index is 663. The Hall–Kier alpha value is -0.390. The van der Waals surface area contributed by atoms with Gasteiger partial charge in [0, 0.05) is 41.7 Å². The van der Waals surface area contributed by atoms with E-state index in [1.807, 2.05) is 12.3 Å². The molecule has 2 aromatic rings. The highest BCUT2D eigenvalue weighted by molar-refractivity contribution is 9.10. The van der Waals surface area contributed by atoms with Crippen molar-refractivity contribution in [1.82, 2.24) is 9.88 Å². The van der Waals surface area contributed by atoms with Crippen LogP contribution in [0.4, 0.5) is 0 Å². The molecule has 1 aromatic heterocycles. The molecule has 1 atom stereocenters. The number of nitrogens with two attached hydrogens (primary N) is 1. The van der Waals surface area contributed by atoms with Crippen molar-refractivity contribution in [1.29, 1.82) is 0 Å². The lowest BCUT2D eigenvalue weighted by molar-refractivity contribution is 0.0901. The third kappa shape index (κ3) is 4.58. The van der Waals surface area contributed by atoms with Gasteiger partial charge in [0.1, 0.15) is 0 Å². The molecule has 0 saturated carbocycles. The summed E-state index contributed by atoms with van der Waals surface area (Å²) >= 11 is 3.61. The topological polar surface area (TPSA) is 42.2 Å². The molecule has 0 spiro atoms. The fourth-order valence-corrected chi connectivity index (χ4v) is 3.73. The maximum absolute atomic E-state index is 6.24. The molecule has 128 valence electrons. The quantitative estimate of drug-likeness (QED) is 0.782. The maximum atomic E-state index is 6.24. The predicted molar refractivity (Wildman–Crippen MR) is 106 cm³/mol. The van der Waals surface area contributed by atoms with Crippen LogP contribution in [0.2, 0.25) is 0 Å². The first-order valence-electron chi connectivity index (χ1n) is 7.47. The lowest BCUT2D eigenvalue weighted by Crippen LogP contribution is -2.52. The van der Waals surface area contributed by atoms with Gasteiger partial charge in [-0.1, -0.05) is 35.8 Å². The Kier molecular flexibility index (Phi) is 7.30. The van der Waals surface area contributed by atoms with Crippen molar-refractivity contribution in [2.24, 2.45) is 11.1 Å². The van der Waals surface area contributed by atoms with E-state index in [0.29, 0.717) is 6.04 Å². The third-order valence-electron chi connectivity index (χ3n) is 4.53. The summed E-state index contributed by atoms with van der Waals surface area (Å²) in [6, 6.07) is 8.72. The zero-order chi connectivity index (χ0) is 15.0. The summed E-state index contributed by atoms with van der Waals surface area (Å²) in [5.41, 5.74) is 8.80. The van der Waals surface area contributed by atoms with E-state index in [1.54, 1.807) is 0 Å². The van der Waals surface area contributed by atoms with Gasteiger partial charge in [-0.2, -0.15) is 0 Å². The van der Waals surface area contributed by atoms with Crippen LogP contribution in [0.5, 0.6) is 0 Å². The SMILES string of the molecule is CC1(C)CN(Cc2cc(Br)cc3cccnc23)CCC1N.Cl.Cl. The molecular weight excluding hydrogens is 397 g/mol. The lowest BCUT2D eigenvalue weighted by Gasteiger charge is -2.42. The third-order valence-corrected chi connectivity index (χ3v) is 4.99. The van der Waals surface area contributed by atoms with Crippen LogP contribution in [0.1, 0.15) is 25.8 Å². The lowest BCUT2D eigenvalue weighted by atomic mass is 9.79. The largest absolute Gasteiger partial charge is 0.327 e. The Labute approximate surface area is 159 Å². The fourth-order valence-electron chi connectivity index (χ4n) is 3.21. The van der Waals surface area contributed by atoms with Gasteiger partial charge >= 0.3 is 0 Å². The van der Waals surface area contributed by atoms with Gasteiger partial charge in [0.15, 0.2) is 0 Å². The first-order valence-corrected chi connectivity index (χ1v) is 8.26. The number of hydrogen-bond donors (Lipinski definition) is 1. The second kappa shape index (κ2) is 8.13. The zero-order valence-electron chi connectivity index (χ0n) is 13.5. The van der Waals surface area contributed by atoms with Crippen LogP contribution in [0.3, 0.4) is 0 Å². The second-order valence-corrected chi connectivity index (χ2v) is 7.65. The number of pyridine rings is 1. The number of halogens is 3. The van der Waals surface area contributed by atoms with E-state index < -0.39 is 0 Å². The van der Waals surface area contributed by atoms with Crippen LogP contribution in [0.25, 0.3) is 10.9 Å². The number of fused-ring (bicyclic) bond motifs is 1. The number of piperidine rings is 1. The molecule has 0 aliphatic carbocycles. The first-order chi connectivity index (χ1) is 9.95. The van der Waals surface area contributed by atoms with Gasteiger partial charge in [-0.25, -0.2) is 0 Å². The van der Waals surface area contributed by atoms with E-state index in [1.165, 1.54) is 10.9 Å². The van der Waals surface area contributed by atoms with Gasteiger partial charge in [0.2, 0.25) is 0 Å². The predicted octanol–water partition coefficient (Wildman–Crippen LogP) is 4.40. The Morgan fingerprint density at radius 2 is 2.09 bits per heavy atom. The molecule has 1 aliphatic rings. The highest BCUT2D eigenvalue weighted by atomic mass is 79.9. The summed E-state index contributed by atoms with van der Waals surface area (Å²) in [6.07, 6.45) is 2.93. The molecule has 1 aromatic carbocycles. The maximum Gasteiger partial charge on any atom is 0.0747 e. The molecule has 1 unspecified atom stereocenters. The van der Waals surface area contributed by atoms with E-state index in [4.69, 9.17) is 5.73 Å². The molecule has 0 bridgehead atoms. The van der Waals surface area contributed by atoms with E-state index in [0.717, 1.165) is 36.0 Å². The number of aromatic nitrogens is 1. The fraction of sp³-hybridized carbons (Fsp3) is 0.471. The summed E-state index contributed by atoms with van der Waals surface area (Å²) in [5.74, 6) is 0. The smallest absolute Gasteiger partial charge is 0.0747 e. The first kappa shape index (κ1) is 20.7. The standard InChI is InChI=1S/C17H22BrN3.2ClH/c1-17(2)11-21(7-5-15(17)19)10-13-9-14(18)8-12-4-3-6-20-16(12)13;;/h3-4,6,8-9,15H,5,7,10-11,19H2,1-2H3;2*1H. The summed E-state index contributed by atoms with van der Waals surface area (Å²) in [6.45, 7) is 7.56. The highest BCUT2D eigenvalue weighted by Gasteiger charge is 2.33. The van der Waals surface area contributed by atoms with Crippen LogP contribution in [0.15, 0.2) is 34.9 Å². The van der Waals surface area contributed by atoms with Crippen LogP contribution in [0, 0.1) is 5.41 Å². The monoisotopic (exact) mass is 419 g/mol. The van der Waals surface area contributed by atoms with Crippen LogP contribution in [-0.2, 0) is 6.54 Å². The molecule has 1 aliphatic heterocycles. The average Bonchev–Trinajstić information content (AvgIpc) is 2.42. The zero-order valence-corrected chi connectivity index (χ0v) is 16.7. The van der Waals surface area contributed by atoms with E-state index in [9.17, 15) is 0 Å². The van der Waals surface area contributed by atoms with E-state index >= 15 is 0 Å². The number of benzene rings is 1. The Morgan fingerprint density at radius 3 is 2.78 bits per heavy atom. The summed E-state index contributed by atoms with van der Waals surface area (Å²) < 4.78 is 1.12. The van der Waals surface area contributed by atoms with Crippen molar-refractivity contribution in [3.05, 3.63) is 40.5 Å². The van der Waals surface area contributed by atoms with Crippen molar-refractivity contribution >= 4 is 51.6 Å². The Balaban J connectivity index is 0.00000132. The average molecular weight is 421 g/mol. The second-order valence-electron chi connectivity index (χ2n) is 6.73. The molecule has 1 fully saturated rings. The number of nitrogens with zero attached hydrogens (tertiary/aromatic N) is 2. The summed E-state index contributed by atoms with van der Waals surface area (Å²) in [4.78, 5) is 7.07.